The highest BCUT2D eigenvalue weighted by Gasteiger charge is 2.58. The summed E-state index contributed by atoms with van der Waals surface area (Å²) in [6.45, 7) is -0.472. The molecular formula is C23H29F2N3O5S. The second-order valence-corrected chi connectivity index (χ2v) is 12.3. The Bertz CT molecular complexity index is 1120. The molecule has 2 amide bonds. The lowest BCUT2D eigenvalue weighted by molar-refractivity contribution is -0.147. The number of ether oxygens (including phenoxy) is 1. The first-order valence-corrected chi connectivity index (χ1v) is 13.1. The van der Waals surface area contributed by atoms with Crippen LogP contribution in [-0.4, -0.2) is 50.3 Å². The molecule has 0 radical (unpaired) electrons. The third-order valence-electron chi connectivity index (χ3n) is 8.17. The summed E-state index contributed by atoms with van der Waals surface area (Å²) in [7, 11) is -3.30. The Labute approximate surface area is 197 Å². The lowest BCUT2D eigenvalue weighted by Crippen LogP contribution is -2.62. The number of carbonyl (C=O) groups excluding carboxylic acids is 2. The molecule has 1 aromatic carbocycles. The highest BCUT2D eigenvalue weighted by atomic mass is 32.2. The van der Waals surface area contributed by atoms with E-state index in [1.54, 1.807) is 0 Å². The Morgan fingerprint density at radius 1 is 1.15 bits per heavy atom. The first-order chi connectivity index (χ1) is 16.0. The first-order valence-electron chi connectivity index (χ1n) is 11.7. The quantitative estimate of drug-likeness (QED) is 0.569. The van der Waals surface area contributed by atoms with Crippen molar-refractivity contribution >= 4 is 21.8 Å². The fourth-order valence-electron chi connectivity index (χ4n) is 6.70. The SMILES string of the molecule is COc1cc(F)c(S(=O)(=O)N(CC(=O)NC2C3CC4CC2CC(C(N)=O)(C4)C3)C2CC2)cc1F. The molecule has 5 aliphatic carbocycles. The molecule has 6 rings (SSSR count). The third kappa shape index (κ3) is 3.86. The molecule has 0 heterocycles. The Hall–Kier alpha value is -2.27. The second-order valence-electron chi connectivity index (χ2n) is 10.4. The summed E-state index contributed by atoms with van der Waals surface area (Å²) < 4.78 is 60.9. The number of hydrogen-bond acceptors (Lipinski definition) is 5. The minimum atomic E-state index is -4.45. The Kier molecular flexibility index (Phi) is 5.63. The maximum Gasteiger partial charge on any atom is 0.246 e. The average Bonchev–Trinajstić information content (AvgIpc) is 3.60. The van der Waals surface area contributed by atoms with Gasteiger partial charge in [0.1, 0.15) is 10.7 Å². The zero-order valence-electron chi connectivity index (χ0n) is 18.9. The number of methoxy groups -OCH3 is 1. The van der Waals surface area contributed by atoms with E-state index in [-0.39, 0.29) is 23.8 Å². The molecule has 4 bridgehead atoms. The topological polar surface area (TPSA) is 119 Å². The molecule has 0 aliphatic heterocycles. The monoisotopic (exact) mass is 497 g/mol. The number of amides is 2. The van der Waals surface area contributed by atoms with Gasteiger partial charge in [0.15, 0.2) is 11.6 Å². The molecule has 5 aliphatic rings. The van der Waals surface area contributed by atoms with Gasteiger partial charge in [0.25, 0.3) is 0 Å². The number of nitrogens with zero attached hydrogens (tertiary/aromatic N) is 1. The van der Waals surface area contributed by atoms with Gasteiger partial charge >= 0.3 is 0 Å². The molecule has 1 aromatic rings. The van der Waals surface area contributed by atoms with Crippen LogP contribution >= 0.6 is 0 Å². The van der Waals surface area contributed by atoms with Crippen LogP contribution in [0, 0.1) is 34.8 Å². The van der Waals surface area contributed by atoms with Crippen LogP contribution in [0.5, 0.6) is 5.75 Å². The fourth-order valence-corrected chi connectivity index (χ4v) is 8.40. The summed E-state index contributed by atoms with van der Waals surface area (Å²) >= 11 is 0. The van der Waals surface area contributed by atoms with Crippen molar-refractivity contribution in [3.63, 3.8) is 0 Å². The van der Waals surface area contributed by atoms with Crippen LogP contribution < -0.4 is 15.8 Å². The molecule has 3 N–H and O–H groups in total. The predicted octanol–water partition coefficient (Wildman–Crippen LogP) is 1.92. The van der Waals surface area contributed by atoms with Gasteiger partial charge in [-0.15, -0.1) is 0 Å². The Morgan fingerprint density at radius 3 is 2.35 bits per heavy atom. The number of sulfonamides is 1. The van der Waals surface area contributed by atoms with Gasteiger partial charge in [-0.2, -0.15) is 4.31 Å². The molecule has 5 saturated carbocycles. The van der Waals surface area contributed by atoms with Crippen LogP contribution in [0.2, 0.25) is 0 Å². The zero-order valence-corrected chi connectivity index (χ0v) is 19.7. The van der Waals surface area contributed by atoms with Gasteiger partial charge < -0.3 is 15.8 Å². The Balaban J connectivity index is 1.33. The number of nitrogens with one attached hydrogen (secondary N) is 1. The van der Waals surface area contributed by atoms with E-state index in [0.29, 0.717) is 43.7 Å². The molecule has 34 heavy (non-hydrogen) atoms. The van der Waals surface area contributed by atoms with E-state index in [2.05, 4.69) is 5.32 Å². The summed E-state index contributed by atoms with van der Waals surface area (Å²) in [5.41, 5.74) is 5.23. The van der Waals surface area contributed by atoms with E-state index in [4.69, 9.17) is 10.5 Å². The van der Waals surface area contributed by atoms with Gasteiger partial charge in [-0.3, -0.25) is 9.59 Å². The lowest BCUT2D eigenvalue weighted by Gasteiger charge is -2.58. The standard InChI is InChI=1S/C23H29F2N3O5S/c1-33-18-6-17(25)19(7-16(18)24)34(31,32)28(15-2-3-15)11-20(29)27-21-13-4-12-5-14(21)10-23(8-12,9-13)22(26)30/h6-7,12-15,21H,2-5,8-11H2,1H3,(H2,26,30)(H,27,29). The van der Waals surface area contributed by atoms with Crippen molar-refractivity contribution in [2.45, 2.75) is 61.9 Å². The number of nitrogens with two attached hydrogens (primary N) is 1. The van der Waals surface area contributed by atoms with Crippen molar-refractivity contribution in [1.82, 2.24) is 9.62 Å². The average molecular weight is 498 g/mol. The summed E-state index contributed by atoms with van der Waals surface area (Å²) in [5, 5.41) is 3.01. The van der Waals surface area contributed by atoms with Crippen LogP contribution in [0.3, 0.4) is 0 Å². The van der Waals surface area contributed by atoms with Crippen molar-refractivity contribution in [1.29, 1.82) is 0 Å². The summed E-state index contributed by atoms with van der Waals surface area (Å²) in [6.07, 6.45) is 5.01. The number of primary amides is 1. The third-order valence-corrected chi connectivity index (χ3v) is 10.1. The number of hydrogen-bond donors (Lipinski definition) is 2. The van der Waals surface area contributed by atoms with E-state index < -0.39 is 56.2 Å². The van der Waals surface area contributed by atoms with E-state index >= 15 is 0 Å². The maximum absolute atomic E-state index is 14.6. The molecule has 8 nitrogen and oxygen atoms in total. The summed E-state index contributed by atoms with van der Waals surface area (Å²) in [6, 6.07) is 0.710. The molecule has 186 valence electrons. The van der Waals surface area contributed by atoms with E-state index in [1.807, 2.05) is 0 Å². The zero-order chi connectivity index (χ0) is 24.4. The van der Waals surface area contributed by atoms with Crippen molar-refractivity contribution < 1.29 is 31.5 Å². The lowest BCUT2D eigenvalue weighted by atomic mass is 9.47. The van der Waals surface area contributed by atoms with Gasteiger partial charge in [-0.05, 0) is 62.7 Å². The second kappa shape index (κ2) is 8.15. The minimum absolute atomic E-state index is 0.127. The van der Waals surface area contributed by atoms with Crippen molar-refractivity contribution in [3.8, 4) is 5.75 Å². The fraction of sp³-hybridized carbons (Fsp3) is 0.652. The number of rotatable bonds is 8. The largest absolute Gasteiger partial charge is 0.494 e. The van der Waals surface area contributed by atoms with Crippen LogP contribution in [0.15, 0.2) is 17.0 Å². The smallest absolute Gasteiger partial charge is 0.246 e. The number of carbonyl (C=O) groups is 2. The van der Waals surface area contributed by atoms with Crippen molar-refractivity contribution in [2.24, 2.45) is 28.9 Å². The van der Waals surface area contributed by atoms with Gasteiger partial charge in [0, 0.05) is 29.6 Å². The van der Waals surface area contributed by atoms with Gasteiger partial charge in [-0.25, -0.2) is 17.2 Å². The normalized spacial score (nSPS) is 32.1. The van der Waals surface area contributed by atoms with Gasteiger partial charge in [-0.1, -0.05) is 0 Å². The minimum Gasteiger partial charge on any atom is -0.494 e. The molecule has 5 fully saturated rings. The van der Waals surface area contributed by atoms with Gasteiger partial charge in [0.05, 0.1) is 13.7 Å². The molecular weight excluding hydrogens is 468 g/mol. The van der Waals surface area contributed by atoms with Crippen LogP contribution in [0.25, 0.3) is 0 Å². The highest BCUT2D eigenvalue weighted by Crippen LogP contribution is 2.59. The summed E-state index contributed by atoms with van der Waals surface area (Å²) in [4.78, 5) is 24.4. The molecule has 2 atom stereocenters. The van der Waals surface area contributed by atoms with Crippen LogP contribution in [0.4, 0.5) is 8.78 Å². The number of halogens is 2. The summed E-state index contributed by atoms with van der Waals surface area (Å²) in [5.74, 6) is -2.60. The van der Waals surface area contributed by atoms with Crippen molar-refractivity contribution in [2.75, 3.05) is 13.7 Å². The maximum atomic E-state index is 14.6. The van der Waals surface area contributed by atoms with E-state index in [1.165, 1.54) is 0 Å². The van der Waals surface area contributed by atoms with Crippen LogP contribution in [-0.2, 0) is 19.6 Å². The van der Waals surface area contributed by atoms with Crippen molar-refractivity contribution in [3.05, 3.63) is 23.8 Å². The predicted molar refractivity (Wildman–Crippen MR) is 117 cm³/mol. The molecule has 0 spiro atoms. The first kappa shape index (κ1) is 23.5. The van der Waals surface area contributed by atoms with Gasteiger partial charge in [0.2, 0.25) is 21.8 Å². The molecule has 11 heteroatoms. The number of benzene rings is 1. The molecule has 0 saturated heterocycles. The van der Waals surface area contributed by atoms with Crippen LogP contribution in [0.1, 0.15) is 44.9 Å². The molecule has 0 aromatic heterocycles. The highest BCUT2D eigenvalue weighted by molar-refractivity contribution is 7.89. The van der Waals surface area contributed by atoms with E-state index in [0.717, 1.165) is 30.7 Å². The Morgan fingerprint density at radius 2 is 1.79 bits per heavy atom. The van der Waals surface area contributed by atoms with E-state index in [9.17, 15) is 26.8 Å². The molecule has 2 unspecified atom stereocenters.